The van der Waals surface area contributed by atoms with Gasteiger partial charge in [-0.3, -0.25) is 0 Å². The third kappa shape index (κ3) is 3.96. The summed E-state index contributed by atoms with van der Waals surface area (Å²) in [7, 11) is 0. The fourth-order valence-corrected chi connectivity index (χ4v) is 0.969. The van der Waals surface area contributed by atoms with Crippen molar-refractivity contribution in [1.29, 1.82) is 0 Å². The van der Waals surface area contributed by atoms with Crippen molar-refractivity contribution in [3.8, 4) is 0 Å². The molecule has 0 saturated carbocycles. The molecule has 0 radical (unpaired) electrons. The van der Waals surface area contributed by atoms with Crippen LogP contribution in [0.3, 0.4) is 0 Å². The van der Waals surface area contributed by atoms with Crippen LogP contribution in [0.2, 0.25) is 0 Å². The summed E-state index contributed by atoms with van der Waals surface area (Å²) < 4.78 is 0.704. The van der Waals surface area contributed by atoms with Gasteiger partial charge in [0.2, 0.25) is 0 Å². The summed E-state index contributed by atoms with van der Waals surface area (Å²) in [5.74, 6) is 0.813. The van der Waals surface area contributed by atoms with Crippen LogP contribution in [-0.2, 0) is 0 Å². The van der Waals surface area contributed by atoms with Crippen molar-refractivity contribution >= 4 is 27.5 Å². The molecule has 0 saturated heterocycles. The molecule has 0 spiro atoms. The molecular weight excluding hydrogens is 215 g/mol. The summed E-state index contributed by atoms with van der Waals surface area (Å²) in [6.45, 7) is 1.88. The van der Waals surface area contributed by atoms with Crippen molar-refractivity contribution in [2.24, 2.45) is 0 Å². The van der Waals surface area contributed by atoms with Crippen LogP contribution >= 0.6 is 27.5 Å². The number of allylic oxidation sites excluding steroid dienone is 4. The summed E-state index contributed by atoms with van der Waals surface area (Å²) in [4.78, 5) is 0. The van der Waals surface area contributed by atoms with E-state index >= 15 is 0 Å². The van der Waals surface area contributed by atoms with Crippen molar-refractivity contribution in [2.75, 3.05) is 5.88 Å². The zero-order chi connectivity index (χ0) is 7.98. The van der Waals surface area contributed by atoms with E-state index in [-0.39, 0.29) is 0 Å². The van der Waals surface area contributed by atoms with Gasteiger partial charge >= 0.3 is 0 Å². The Morgan fingerprint density at radius 3 is 2.70 bits per heavy atom. The van der Waals surface area contributed by atoms with Gasteiger partial charge in [-0.25, -0.2) is 0 Å². The Balaban J connectivity index is 4.04. The first-order valence-electron chi connectivity index (χ1n) is 3.02. The lowest BCUT2D eigenvalue weighted by Gasteiger charge is -1.94. The molecule has 0 aliphatic carbocycles. The maximum atomic E-state index is 9.09. The first-order chi connectivity index (χ1) is 4.72. The molecule has 0 aromatic carbocycles. The first-order valence-corrected chi connectivity index (χ1v) is 4.35. The number of rotatable bonds is 3. The van der Waals surface area contributed by atoms with Gasteiger partial charge in [0, 0.05) is 12.3 Å². The SMILES string of the molecule is CC/C(O)=C(Br)\C=C/CCl. The number of hydrogen-bond acceptors (Lipinski definition) is 1. The molecule has 0 heterocycles. The van der Waals surface area contributed by atoms with E-state index < -0.39 is 0 Å². The number of hydrogen-bond donors (Lipinski definition) is 1. The highest BCUT2D eigenvalue weighted by molar-refractivity contribution is 9.11. The minimum absolute atomic E-state index is 0.348. The predicted octanol–water partition coefficient (Wildman–Crippen LogP) is 3.36. The van der Waals surface area contributed by atoms with Gasteiger partial charge < -0.3 is 5.11 Å². The second-order valence-corrected chi connectivity index (χ2v) is 2.87. The monoisotopic (exact) mass is 224 g/mol. The molecule has 3 heteroatoms. The lowest BCUT2D eigenvalue weighted by atomic mass is 10.3. The van der Waals surface area contributed by atoms with Gasteiger partial charge in [-0.05, 0) is 22.0 Å². The Morgan fingerprint density at radius 2 is 2.30 bits per heavy atom. The molecule has 58 valence electrons. The van der Waals surface area contributed by atoms with Gasteiger partial charge in [-0.2, -0.15) is 0 Å². The molecule has 0 unspecified atom stereocenters. The van der Waals surface area contributed by atoms with Crippen molar-refractivity contribution in [3.05, 3.63) is 22.4 Å². The lowest BCUT2D eigenvalue weighted by molar-refractivity contribution is 0.393. The molecule has 0 aromatic rings. The summed E-state index contributed by atoms with van der Waals surface area (Å²) in [5, 5.41) is 9.09. The van der Waals surface area contributed by atoms with Gasteiger partial charge in [-0.1, -0.05) is 13.0 Å². The highest BCUT2D eigenvalue weighted by atomic mass is 79.9. The van der Waals surface area contributed by atoms with E-state index in [1.165, 1.54) is 0 Å². The zero-order valence-electron chi connectivity index (χ0n) is 5.77. The fourth-order valence-electron chi connectivity index (χ4n) is 0.413. The Morgan fingerprint density at radius 1 is 1.70 bits per heavy atom. The number of halogens is 2. The first kappa shape index (κ1) is 10.0. The maximum absolute atomic E-state index is 9.09. The number of aliphatic hydroxyl groups excluding tert-OH is 1. The van der Waals surface area contributed by atoms with E-state index in [0.29, 0.717) is 22.5 Å². The molecule has 0 amide bonds. The molecular formula is C7H10BrClO. The molecule has 0 aliphatic rings. The Bertz CT molecular complexity index is 152. The van der Waals surface area contributed by atoms with Crippen LogP contribution in [0.4, 0.5) is 0 Å². The molecule has 0 aliphatic heterocycles. The second kappa shape index (κ2) is 5.81. The molecule has 1 nitrogen and oxygen atoms in total. The van der Waals surface area contributed by atoms with Gasteiger partial charge in [0.25, 0.3) is 0 Å². The minimum Gasteiger partial charge on any atom is -0.511 e. The van der Waals surface area contributed by atoms with E-state index in [9.17, 15) is 0 Å². The predicted molar refractivity (Wildman–Crippen MR) is 48.7 cm³/mol. The lowest BCUT2D eigenvalue weighted by Crippen LogP contribution is -1.78. The molecule has 0 atom stereocenters. The number of aliphatic hydroxyl groups is 1. The van der Waals surface area contributed by atoms with Crippen molar-refractivity contribution in [1.82, 2.24) is 0 Å². The van der Waals surface area contributed by atoms with Crippen LogP contribution < -0.4 is 0 Å². The molecule has 0 aromatic heterocycles. The molecule has 10 heavy (non-hydrogen) atoms. The Hall–Kier alpha value is 0.0500. The van der Waals surface area contributed by atoms with Gasteiger partial charge in [0.1, 0.15) is 5.76 Å². The maximum Gasteiger partial charge on any atom is 0.106 e. The van der Waals surface area contributed by atoms with Gasteiger partial charge in [0.05, 0.1) is 4.48 Å². The average molecular weight is 226 g/mol. The molecule has 1 N–H and O–H groups in total. The quantitative estimate of drug-likeness (QED) is 0.444. The Labute approximate surface area is 74.5 Å². The zero-order valence-corrected chi connectivity index (χ0v) is 8.11. The van der Waals surface area contributed by atoms with E-state index in [4.69, 9.17) is 16.7 Å². The summed E-state index contributed by atoms with van der Waals surface area (Å²) >= 11 is 8.57. The second-order valence-electron chi connectivity index (χ2n) is 1.70. The molecule has 0 rings (SSSR count). The number of alkyl halides is 1. The minimum atomic E-state index is 0.348. The van der Waals surface area contributed by atoms with Crippen LogP contribution in [0.1, 0.15) is 13.3 Å². The molecule has 0 bridgehead atoms. The van der Waals surface area contributed by atoms with Crippen LogP contribution in [0.5, 0.6) is 0 Å². The normalized spacial score (nSPS) is 13.9. The van der Waals surface area contributed by atoms with Crippen molar-refractivity contribution in [3.63, 3.8) is 0 Å². The van der Waals surface area contributed by atoms with Gasteiger partial charge in [0.15, 0.2) is 0 Å². The van der Waals surface area contributed by atoms with Crippen LogP contribution in [0.25, 0.3) is 0 Å². The van der Waals surface area contributed by atoms with Crippen molar-refractivity contribution in [2.45, 2.75) is 13.3 Å². The van der Waals surface area contributed by atoms with E-state index in [1.807, 2.05) is 6.92 Å². The van der Waals surface area contributed by atoms with E-state index in [1.54, 1.807) is 12.2 Å². The Kier molecular flexibility index (Phi) is 5.84. The molecule has 0 fully saturated rings. The van der Waals surface area contributed by atoms with E-state index in [0.717, 1.165) is 0 Å². The summed E-state index contributed by atoms with van der Waals surface area (Å²) in [5.41, 5.74) is 0. The van der Waals surface area contributed by atoms with E-state index in [2.05, 4.69) is 15.9 Å². The largest absolute Gasteiger partial charge is 0.511 e. The van der Waals surface area contributed by atoms with Crippen molar-refractivity contribution < 1.29 is 5.11 Å². The average Bonchev–Trinajstić information content (AvgIpc) is 1.98. The van der Waals surface area contributed by atoms with Gasteiger partial charge in [-0.15, -0.1) is 11.6 Å². The van der Waals surface area contributed by atoms with Crippen LogP contribution in [0.15, 0.2) is 22.4 Å². The summed E-state index contributed by atoms with van der Waals surface area (Å²) in [6.07, 6.45) is 4.14. The third-order valence-electron chi connectivity index (χ3n) is 0.964. The highest BCUT2D eigenvalue weighted by Crippen LogP contribution is 2.13. The summed E-state index contributed by atoms with van der Waals surface area (Å²) in [6, 6.07) is 0. The highest BCUT2D eigenvalue weighted by Gasteiger charge is 1.92. The standard InChI is InChI=1S/C7H10BrClO/c1-2-7(10)6(8)4-3-5-9/h3-4,10H,2,5H2,1H3/b4-3-,7-6-. The smallest absolute Gasteiger partial charge is 0.106 e. The fraction of sp³-hybridized carbons (Fsp3) is 0.429. The topological polar surface area (TPSA) is 20.2 Å². The third-order valence-corrected chi connectivity index (χ3v) is 1.86. The van der Waals surface area contributed by atoms with Crippen LogP contribution in [0, 0.1) is 0 Å². The van der Waals surface area contributed by atoms with Crippen LogP contribution in [-0.4, -0.2) is 11.0 Å².